The van der Waals surface area contributed by atoms with Gasteiger partial charge in [0, 0.05) is 25.2 Å². The number of para-hydroxylation sites is 2. The van der Waals surface area contributed by atoms with E-state index in [0.717, 1.165) is 71.1 Å². The largest absolute Gasteiger partial charge is 0.438 e. The second kappa shape index (κ2) is 9.81. The molecule has 0 saturated carbocycles. The number of rotatable bonds is 7. The minimum atomic E-state index is 0.342. The lowest BCUT2D eigenvalue weighted by molar-refractivity contribution is 0.467. The maximum Gasteiger partial charge on any atom is 0.239 e. The molecule has 3 N–H and O–H groups in total. The standard InChI is InChI=1S/C26H25N7OS/c1-2-6-21-20(5-1)31-23(32-21)14-17-7-9-19(10-8-17)34-25-24(35-16-29-25)22-11-13-28-26(33-22)30-18-4-3-12-27-15-18/h1-2,5-11,13,16,18,27H,3-4,12,14-15H2,(H,31,32)(H,28,30,33)/t18-/m0/s1. The number of aromatic amines is 1. The van der Waals surface area contributed by atoms with E-state index < -0.39 is 0 Å². The minimum Gasteiger partial charge on any atom is -0.438 e. The lowest BCUT2D eigenvalue weighted by atomic mass is 10.1. The molecule has 0 bridgehead atoms. The molecule has 0 spiro atoms. The molecule has 1 aliphatic heterocycles. The lowest BCUT2D eigenvalue weighted by Gasteiger charge is -2.23. The van der Waals surface area contributed by atoms with Crippen molar-refractivity contribution in [2.24, 2.45) is 0 Å². The number of piperidine rings is 1. The quantitative estimate of drug-likeness (QED) is 0.299. The number of imidazole rings is 1. The van der Waals surface area contributed by atoms with Gasteiger partial charge in [0.15, 0.2) is 0 Å². The molecule has 8 nitrogen and oxygen atoms in total. The van der Waals surface area contributed by atoms with Crippen LogP contribution in [0.1, 0.15) is 24.2 Å². The van der Waals surface area contributed by atoms with E-state index in [4.69, 9.17) is 9.72 Å². The van der Waals surface area contributed by atoms with Crippen LogP contribution >= 0.6 is 11.3 Å². The monoisotopic (exact) mass is 483 g/mol. The van der Waals surface area contributed by atoms with Crippen LogP contribution < -0.4 is 15.4 Å². The van der Waals surface area contributed by atoms with Crippen LogP contribution in [0.15, 0.2) is 66.3 Å². The summed E-state index contributed by atoms with van der Waals surface area (Å²) < 4.78 is 6.13. The molecule has 176 valence electrons. The van der Waals surface area contributed by atoms with Crippen molar-refractivity contribution in [3.8, 4) is 22.2 Å². The van der Waals surface area contributed by atoms with Gasteiger partial charge in [-0.2, -0.15) is 0 Å². The zero-order valence-corrected chi connectivity index (χ0v) is 19.9. The van der Waals surface area contributed by atoms with Gasteiger partial charge in [-0.25, -0.2) is 19.9 Å². The Morgan fingerprint density at radius 1 is 1.03 bits per heavy atom. The number of nitrogens with zero attached hydrogens (tertiary/aromatic N) is 4. The number of fused-ring (bicyclic) bond motifs is 1. The highest BCUT2D eigenvalue weighted by molar-refractivity contribution is 7.13. The molecular weight excluding hydrogens is 458 g/mol. The van der Waals surface area contributed by atoms with Crippen molar-refractivity contribution in [2.75, 3.05) is 18.4 Å². The number of benzene rings is 2. The van der Waals surface area contributed by atoms with E-state index in [0.29, 0.717) is 17.9 Å². The Bertz CT molecular complexity index is 1390. The van der Waals surface area contributed by atoms with Crippen molar-refractivity contribution < 1.29 is 4.74 Å². The Morgan fingerprint density at radius 3 is 2.80 bits per heavy atom. The molecular formula is C26H25N7OS. The van der Waals surface area contributed by atoms with E-state index in [2.05, 4.69) is 42.7 Å². The second-order valence-corrected chi connectivity index (χ2v) is 9.42. The Morgan fingerprint density at radius 2 is 1.94 bits per heavy atom. The van der Waals surface area contributed by atoms with Crippen molar-refractivity contribution in [1.82, 2.24) is 30.2 Å². The fourth-order valence-electron chi connectivity index (χ4n) is 4.26. The third-order valence-electron chi connectivity index (χ3n) is 6.00. The molecule has 0 radical (unpaired) electrons. The summed E-state index contributed by atoms with van der Waals surface area (Å²) in [5.74, 6) is 2.85. The zero-order valence-electron chi connectivity index (χ0n) is 19.1. The summed E-state index contributed by atoms with van der Waals surface area (Å²) in [7, 11) is 0. The van der Waals surface area contributed by atoms with Gasteiger partial charge in [0.25, 0.3) is 0 Å². The van der Waals surface area contributed by atoms with Gasteiger partial charge in [-0.15, -0.1) is 11.3 Å². The number of thiazole rings is 1. The molecule has 9 heteroatoms. The summed E-state index contributed by atoms with van der Waals surface area (Å²) in [6.07, 6.45) is 4.77. The molecule has 3 aromatic heterocycles. The summed E-state index contributed by atoms with van der Waals surface area (Å²) in [5.41, 5.74) is 5.76. The van der Waals surface area contributed by atoms with Gasteiger partial charge in [-0.3, -0.25) is 0 Å². The van der Waals surface area contributed by atoms with Crippen molar-refractivity contribution in [2.45, 2.75) is 25.3 Å². The topological polar surface area (TPSA) is 101 Å². The maximum atomic E-state index is 6.13. The number of aromatic nitrogens is 5. The highest BCUT2D eigenvalue weighted by Crippen LogP contribution is 2.35. The van der Waals surface area contributed by atoms with E-state index >= 15 is 0 Å². The van der Waals surface area contributed by atoms with E-state index in [9.17, 15) is 0 Å². The van der Waals surface area contributed by atoms with Gasteiger partial charge < -0.3 is 20.4 Å². The molecule has 1 fully saturated rings. The van der Waals surface area contributed by atoms with E-state index in [1.807, 2.05) is 42.5 Å². The highest BCUT2D eigenvalue weighted by atomic mass is 32.1. The predicted octanol–water partition coefficient (Wildman–Crippen LogP) is 5.02. The van der Waals surface area contributed by atoms with Crippen LogP contribution in [0.5, 0.6) is 11.6 Å². The smallest absolute Gasteiger partial charge is 0.239 e. The van der Waals surface area contributed by atoms with Gasteiger partial charge in [-0.1, -0.05) is 24.3 Å². The summed E-state index contributed by atoms with van der Waals surface area (Å²) in [4.78, 5) is 22.5. The fraction of sp³-hybridized carbons (Fsp3) is 0.231. The zero-order chi connectivity index (χ0) is 23.5. The van der Waals surface area contributed by atoms with E-state index in [1.165, 1.54) is 11.3 Å². The molecule has 35 heavy (non-hydrogen) atoms. The first-order valence-corrected chi connectivity index (χ1v) is 12.6. The number of ether oxygens (including phenoxy) is 1. The molecule has 2 aromatic carbocycles. The first-order chi connectivity index (χ1) is 17.3. The number of hydrogen-bond donors (Lipinski definition) is 3. The summed E-state index contributed by atoms with van der Waals surface area (Å²) in [6.45, 7) is 2.00. The van der Waals surface area contributed by atoms with Crippen molar-refractivity contribution >= 4 is 28.3 Å². The summed E-state index contributed by atoms with van der Waals surface area (Å²) >= 11 is 1.50. The molecule has 1 saturated heterocycles. The molecule has 6 rings (SSSR count). The van der Waals surface area contributed by atoms with Crippen LogP contribution in [0.25, 0.3) is 21.6 Å². The third kappa shape index (κ3) is 5.01. The van der Waals surface area contributed by atoms with Crippen LogP contribution in [-0.4, -0.2) is 44.1 Å². The van der Waals surface area contributed by atoms with Crippen molar-refractivity contribution in [1.29, 1.82) is 0 Å². The molecule has 5 aromatic rings. The maximum absolute atomic E-state index is 6.13. The first-order valence-electron chi connectivity index (χ1n) is 11.7. The van der Waals surface area contributed by atoms with Crippen LogP contribution in [0.2, 0.25) is 0 Å². The molecule has 0 aliphatic carbocycles. The van der Waals surface area contributed by atoms with E-state index in [-0.39, 0.29) is 0 Å². The fourth-order valence-corrected chi connectivity index (χ4v) is 4.94. The van der Waals surface area contributed by atoms with Gasteiger partial charge >= 0.3 is 0 Å². The van der Waals surface area contributed by atoms with Gasteiger partial charge in [0.2, 0.25) is 11.8 Å². The molecule has 4 heterocycles. The van der Waals surface area contributed by atoms with Gasteiger partial charge in [-0.05, 0) is 55.3 Å². The number of H-pyrrole nitrogens is 1. The van der Waals surface area contributed by atoms with Crippen LogP contribution in [-0.2, 0) is 6.42 Å². The van der Waals surface area contributed by atoms with Gasteiger partial charge in [0.1, 0.15) is 16.5 Å². The molecule has 1 aliphatic rings. The van der Waals surface area contributed by atoms with Crippen molar-refractivity contribution in [3.63, 3.8) is 0 Å². The predicted molar refractivity (Wildman–Crippen MR) is 138 cm³/mol. The normalized spacial score (nSPS) is 15.8. The Hall–Kier alpha value is -3.82. The van der Waals surface area contributed by atoms with Crippen molar-refractivity contribution in [3.05, 3.63) is 77.7 Å². The Labute approximate surface area is 206 Å². The lowest BCUT2D eigenvalue weighted by Crippen LogP contribution is -2.38. The number of anilines is 1. The Balaban J connectivity index is 1.15. The Kier molecular flexibility index (Phi) is 6.08. The number of nitrogens with one attached hydrogen (secondary N) is 3. The van der Waals surface area contributed by atoms with Crippen LogP contribution in [0, 0.1) is 0 Å². The summed E-state index contributed by atoms with van der Waals surface area (Å²) in [6, 6.07) is 18.3. The molecule has 0 unspecified atom stereocenters. The third-order valence-corrected chi connectivity index (χ3v) is 6.83. The van der Waals surface area contributed by atoms with Crippen LogP contribution in [0.4, 0.5) is 5.95 Å². The van der Waals surface area contributed by atoms with E-state index in [1.54, 1.807) is 11.7 Å². The SMILES string of the molecule is c1ccc2[nH]c(Cc3ccc(Oc4ncsc4-c4ccnc(N[C@H]5CCCNC5)n4)cc3)nc2c1. The van der Waals surface area contributed by atoms with Gasteiger partial charge in [0.05, 0.1) is 22.2 Å². The average Bonchev–Trinajstić information content (AvgIpc) is 3.52. The average molecular weight is 484 g/mol. The van der Waals surface area contributed by atoms with Crippen LogP contribution in [0.3, 0.4) is 0 Å². The molecule has 1 atom stereocenters. The second-order valence-electron chi connectivity index (χ2n) is 8.56. The summed E-state index contributed by atoms with van der Waals surface area (Å²) in [5, 5.41) is 6.84. The number of hydrogen-bond acceptors (Lipinski definition) is 8. The molecule has 0 amide bonds. The minimum absolute atomic E-state index is 0.342. The first kappa shape index (κ1) is 21.7. The highest BCUT2D eigenvalue weighted by Gasteiger charge is 2.17.